The summed E-state index contributed by atoms with van der Waals surface area (Å²) in [5, 5.41) is 7.49. The van der Waals surface area contributed by atoms with Crippen molar-refractivity contribution in [3.05, 3.63) is 63.7 Å². The van der Waals surface area contributed by atoms with Crippen LogP contribution in [-0.2, 0) is 6.54 Å². The fourth-order valence-corrected chi connectivity index (χ4v) is 3.41. The molecular formula is C18H12BrF2N3O2. The van der Waals surface area contributed by atoms with Gasteiger partial charge in [-0.05, 0) is 58.7 Å². The van der Waals surface area contributed by atoms with Gasteiger partial charge in [-0.2, -0.15) is 0 Å². The monoisotopic (exact) mass is 419 g/mol. The highest BCUT2D eigenvalue weighted by Crippen LogP contribution is 2.35. The van der Waals surface area contributed by atoms with Crippen molar-refractivity contribution in [2.45, 2.75) is 19.6 Å². The molecule has 1 amide bonds. The Morgan fingerprint density at radius 3 is 2.73 bits per heavy atom. The molecule has 132 valence electrons. The van der Waals surface area contributed by atoms with E-state index < -0.39 is 6.17 Å². The van der Waals surface area contributed by atoms with E-state index in [9.17, 15) is 13.6 Å². The van der Waals surface area contributed by atoms with Crippen LogP contribution in [0.2, 0.25) is 0 Å². The van der Waals surface area contributed by atoms with Gasteiger partial charge in [0.15, 0.2) is 6.17 Å². The molecule has 0 N–H and O–H groups in total. The lowest BCUT2D eigenvalue weighted by Gasteiger charge is -2.17. The highest BCUT2D eigenvalue weighted by molar-refractivity contribution is 9.10. The van der Waals surface area contributed by atoms with Crippen LogP contribution in [0.5, 0.6) is 0 Å². The molecule has 4 rings (SSSR count). The number of alkyl halides is 1. The second-order valence-corrected chi connectivity index (χ2v) is 6.77. The number of aromatic nitrogens is 2. The molecule has 1 unspecified atom stereocenters. The van der Waals surface area contributed by atoms with Crippen LogP contribution in [0.1, 0.15) is 34.9 Å². The van der Waals surface area contributed by atoms with Crippen LogP contribution in [0, 0.1) is 5.82 Å². The highest BCUT2D eigenvalue weighted by atomic mass is 79.9. The standard InChI is InChI=1S/C18H12BrF2N3O2/c1-9(20)16-22-23-17(26-16)10-2-3-11-8-24(18(25)13(11)6-10)15-5-4-12(21)7-14(15)19/h2-7,9H,8H2,1H3. The lowest BCUT2D eigenvalue weighted by Crippen LogP contribution is -2.23. The number of carbonyl (C=O) groups excluding carboxylic acids is 1. The van der Waals surface area contributed by atoms with E-state index in [0.29, 0.717) is 27.8 Å². The van der Waals surface area contributed by atoms with E-state index in [4.69, 9.17) is 4.42 Å². The van der Waals surface area contributed by atoms with Gasteiger partial charge < -0.3 is 9.32 Å². The van der Waals surface area contributed by atoms with Gasteiger partial charge in [0.2, 0.25) is 5.89 Å². The number of halogens is 3. The Balaban J connectivity index is 1.68. The van der Waals surface area contributed by atoms with Crippen molar-refractivity contribution < 1.29 is 18.0 Å². The lowest BCUT2D eigenvalue weighted by molar-refractivity contribution is 0.0996. The zero-order chi connectivity index (χ0) is 18.4. The Hall–Kier alpha value is -2.61. The molecule has 26 heavy (non-hydrogen) atoms. The topological polar surface area (TPSA) is 59.2 Å². The summed E-state index contributed by atoms with van der Waals surface area (Å²) >= 11 is 3.29. The molecule has 1 aliphatic rings. The minimum Gasteiger partial charge on any atom is -0.418 e. The lowest BCUT2D eigenvalue weighted by atomic mass is 10.1. The second-order valence-electron chi connectivity index (χ2n) is 5.92. The molecule has 0 spiro atoms. The van der Waals surface area contributed by atoms with Crippen LogP contribution >= 0.6 is 15.9 Å². The minimum absolute atomic E-state index is 0.108. The number of anilines is 1. The van der Waals surface area contributed by atoms with Gasteiger partial charge in [0.05, 0.1) is 12.2 Å². The van der Waals surface area contributed by atoms with Crippen LogP contribution in [0.3, 0.4) is 0 Å². The number of rotatable bonds is 3. The number of amides is 1. The molecule has 1 atom stereocenters. The van der Waals surface area contributed by atoms with E-state index in [1.54, 1.807) is 29.2 Å². The third-order valence-corrected chi connectivity index (χ3v) is 4.78. The minimum atomic E-state index is -1.36. The van der Waals surface area contributed by atoms with Crippen LogP contribution in [-0.4, -0.2) is 16.1 Å². The summed E-state index contributed by atoms with van der Waals surface area (Å²) in [6, 6.07) is 9.36. The largest absolute Gasteiger partial charge is 0.418 e. The van der Waals surface area contributed by atoms with Crippen molar-refractivity contribution >= 4 is 27.5 Å². The quantitative estimate of drug-likeness (QED) is 0.609. The van der Waals surface area contributed by atoms with E-state index in [0.717, 1.165) is 5.56 Å². The molecule has 5 nitrogen and oxygen atoms in total. The fourth-order valence-electron chi connectivity index (χ4n) is 2.84. The summed E-state index contributed by atoms with van der Waals surface area (Å²) < 4.78 is 32.4. The molecule has 0 fully saturated rings. The predicted octanol–water partition coefficient (Wildman–Crippen LogP) is 4.83. The Labute approximate surface area is 155 Å². The van der Waals surface area contributed by atoms with Crippen LogP contribution in [0.4, 0.5) is 14.5 Å². The summed E-state index contributed by atoms with van der Waals surface area (Å²) in [6.45, 7) is 1.68. The first-order valence-electron chi connectivity index (χ1n) is 7.81. The van der Waals surface area contributed by atoms with Crippen LogP contribution < -0.4 is 4.90 Å². The molecule has 2 heterocycles. The number of hydrogen-bond donors (Lipinski definition) is 0. The van der Waals surface area contributed by atoms with Crippen molar-refractivity contribution in [3.63, 3.8) is 0 Å². The van der Waals surface area contributed by atoms with Gasteiger partial charge in [-0.1, -0.05) is 6.07 Å². The summed E-state index contributed by atoms with van der Waals surface area (Å²) in [5.41, 5.74) is 2.44. The van der Waals surface area contributed by atoms with Gasteiger partial charge in [0.1, 0.15) is 5.82 Å². The molecule has 3 aromatic rings. The maximum Gasteiger partial charge on any atom is 0.258 e. The average molecular weight is 420 g/mol. The molecule has 0 radical (unpaired) electrons. The zero-order valence-electron chi connectivity index (χ0n) is 13.5. The summed E-state index contributed by atoms with van der Waals surface area (Å²) in [4.78, 5) is 14.4. The zero-order valence-corrected chi connectivity index (χ0v) is 15.1. The van der Waals surface area contributed by atoms with Crippen LogP contribution in [0.25, 0.3) is 11.5 Å². The van der Waals surface area contributed by atoms with E-state index in [1.807, 2.05) is 0 Å². The predicted molar refractivity (Wildman–Crippen MR) is 93.9 cm³/mol. The number of carbonyl (C=O) groups is 1. The Bertz CT molecular complexity index is 1020. The van der Waals surface area contributed by atoms with Gasteiger partial charge in [-0.15, -0.1) is 10.2 Å². The maximum absolute atomic E-state index is 13.3. The number of hydrogen-bond acceptors (Lipinski definition) is 4. The van der Waals surface area contributed by atoms with Crippen molar-refractivity contribution in [2.75, 3.05) is 4.90 Å². The molecule has 1 aromatic heterocycles. The van der Waals surface area contributed by atoms with E-state index in [1.165, 1.54) is 19.1 Å². The van der Waals surface area contributed by atoms with Crippen molar-refractivity contribution in [2.24, 2.45) is 0 Å². The number of benzene rings is 2. The summed E-state index contributed by atoms with van der Waals surface area (Å²) in [6.07, 6.45) is -1.36. The first-order chi connectivity index (χ1) is 12.4. The fraction of sp³-hybridized carbons (Fsp3) is 0.167. The van der Waals surface area contributed by atoms with E-state index in [2.05, 4.69) is 26.1 Å². The molecule has 2 aromatic carbocycles. The van der Waals surface area contributed by atoms with Crippen molar-refractivity contribution in [1.29, 1.82) is 0 Å². The Morgan fingerprint density at radius 2 is 2.04 bits per heavy atom. The normalized spacial score (nSPS) is 14.6. The number of fused-ring (bicyclic) bond motifs is 1. The molecule has 0 saturated carbocycles. The molecule has 1 aliphatic heterocycles. The van der Waals surface area contributed by atoms with Gasteiger partial charge in [0.25, 0.3) is 11.8 Å². The third-order valence-electron chi connectivity index (χ3n) is 4.14. The first kappa shape index (κ1) is 16.8. The first-order valence-corrected chi connectivity index (χ1v) is 8.61. The van der Waals surface area contributed by atoms with Crippen molar-refractivity contribution in [3.8, 4) is 11.5 Å². The van der Waals surface area contributed by atoms with Gasteiger partial charge in [0, 0.05) is 15.6 Å². The molecular weight excluding hydrogens is 408 g/mol. The van der Waals surface area contributed by atoms with Gasteiger partial charge in [-0.3, -0.25) is 4.79 Å². The molecule has 0 bridgehead atoms. The van der Waals surface area contributed by atoms with Gasteiger partial charge >= 0.3 is 0 Å². The van der Waals surface area contributed by atoms with E-state index in [-0.39, 0.29) is 23.5 Å². The smallest absolute Gasteiger partial charge is 0.258 e. The SMILES string of the molecule is CC(F)c1nnc(-c2ccc3c(c2)C(=O)N(c2ccc(F)cc2Br)C3)o1. The number of nitrogens with zero attached hydrogens (tertiary/aromatic N) is 3. The van der Waals surface area contributed by atoms with Crippen molar-refractivity contribution in [1.82, 2.24) is 10.2 Å². The van der Waals surface area contributed by atoms with Gasteiger partial charge in [-0.25, -0.2) is 8.78 Å². The molecule has 0 saturated heterocycles. The second kappa shape index (κ2) is 6.28. The Kier molecular flexibility index (Phi) is 4.07. The van der Waals surface area contributed by atoms with Crippen LogP contribution in [0.15, 0.2) is 45.3 Å². The molecule has 8 heteroatoms. The maximum atomic E-state index is 13.3. The summed E-state index contributed by atoms with van der Waals surface area (Å²) in [7, 11) is 0. The summed E-state index contributed by atoms with van der Waals surface area (Å²) in [5.74, 6) is -0.556. The van der Waals surface area contributed by atoms with E-state index >= 15 is 0 Å². The Morgan fingerprint density at radius 1 is 1.23 bits per heavy atom. The third kappa shape index (κ3) is 2.80. The average Bonchev–Trinajstić information content (AvgIpc) is 3.21. The highest BCUT2D eigenvalue weighted by Gasteiger charge is 2.30. The molecule has 0 aliphatic carbocycles.